The average molecular weight is 367 g/mol. The van der Waals surface area contributed by atoms with Crippen molar-refractivity contribution in [2.24, 2.45) is 4.99 Å². The Morgan fingerprint density at radius 1 is 1.12 bits per heavy atom. The molecule has 0 aromatic carbocycles. The van der Waals surface area contributed by atoms with Crippen LogP contribution in [0.5, 0.6) is 0 Å². The van der Waals surface area contributed by atoms with Gasteiger partial charge in [0.1, 0.15) is 5.76 Å². The molecule has 1 aromatic heterocycles. The normalized spacial score (nSPS) is 16.0. The molecule has 0 saturated carbocycles. The van der Waals surface area contributed by atoms with E-state index in [9.17, 15) is 0 Å². The zero-order valence-corrected chi connectivity index (χ0v) is 15.8. The fourth-order valence-electron chi connectivity index (χ4n) is 2.86. The van der Waals surface area contributed by atoms with Crippen LogP contribution in [0.3, 0.4) is 0 Å². The Morgan fingerprint density at radius 2 is 1.92 bits per heavy atom. The molecule has 2 heterocycles. The second kappa shape index (κ2) is 13.6. The molecule has 7 heteroatoms. The first kappa shape index (κ1) is 20.7. The van der Waals surface area contributed by atoms with Crippen LogP contribution in [0.2, 0.25) is 0 Å². The van der Waals surface area contributed by atoms with Crippen LogP contribution in [-0.2, 0) is 11.2 Å². The van der Waals surface area contributed by atoms with Gasteiger partial charge in [-0.25, -0.2) is 0 Å². The Kier molecular flexibility index (Phi) is 10.9. The van der Waals surface area contributed by atoms with Gasteiger partial charge in [0.2, 0.25) is 0 Å². The topological polar surface area (TPSA) is 82.3 Å². The maximum atomic E-state index is 8.82. The lowest BCUT2D eigenvalue weighted by molar-refractivity contribution is 0.0389. The van der Waals surface area contributed by atoms with Crippen molar-refractivity contribution >= 4 is 5.96 Å². The van der Waals surface area contributed by atoms with E-state index >= 15 is 0 Å². The minimum atomic E-state index is 0.284. The summed E-state index contributed by atoms with van der Waals surface area (Å²) >= 11 is 0. The summed E-state index contributed by atoms with van der Waals surface area (Å²) in [5, 5.41) is 15.7. The van der Waals surface area contributed by atoms with Crippen molar-refractivity contribution in [1.29, 1.82) is 0 Å². The molecular weight excluding hydrogens is 332 g/mol. The molecule has 1 saturated heterocycles. The lowest BCUT2D eigenvalue weighted by Crippen LogP contribution is -2.44. The van der Waals surface area contributed by atoms with Gasteiger partial charge in [-0.05, 0) is 25.0 Å². The number of hydrogen-bond donors (Lipinski definition) is 3. The molecule has 26 heavy (non-hydrogen) atoms. The Hall–Kier alpha value is -1.57. The first-order valence-corrected chi connectivity index (χ1v) is 9.84. The van der Waals surface area contributed by atoms with E-state index in [1.807, 2.05) is 12.1 Å². The molecule has 0 aliphatic carbocycles. The first-order chi connectivity index (χ1) is 12.9. The van der Waals surface area contributed by atoms with Gasteiger partial charge in [0.05, 0.1) is 19.5 Å². The number of hydrogen-bond acceptors (Lipinski definition) is 5. The fourth-order valence-corrected chi connectivity index (χ4v) is 2.86. The van der Waals surface area contributed by atoms with Crippen molar-refractivity contribution in [3.05, 3.63) is 24.2 Å². The van der Waals surface area contributed by atoms with E-state index in [-0.39, 0.29) is 6.61 Å². The van der Waals surface area contributed by atoms with Gasteiger partial charge in [-0.2, -0.15) is 0 Å². The minimum Gasteiger partial charge on any atom is -0.469 e. The maximum absolute atomic E-state index is 8.82. The number of guanidine groups is 1. The van der Waals surface area contributed by atoms with Gasteiger partial charge in [-0.3, -0.25) is 9.89 Å². The van der Waals surface area contributed by atoms with Crippen LogP contribution >= 0.6 is 0 Å². The summed E-state index contributed by atoms with van der Waals surface area (Å²) in [5.41, 5.74) is 0. The van der Waals surface area contributed by atoms with Gasteiger partial charge in [0, 0.05) is 52.3 Å². The molecule has 0 amide bonds. The third-order valence-electron chi connectivity index (χ3n) is 4.40. The predicted molar refractivity (Wildman–Crippen MR) is 104 cm³/mol. The van der Waals surface area contributed by atoms with Gasteiger partial charge < -0.3 is 24.9 Å². The van der Waals surface area contributed by atoms with E-state index in [2.05, 4.69) is 20.5 Å². The summed E-state index contributed by atoms with van der Waals surface area (Å²) in [6.45, 7) is 7.42. The van der Waals surface area contributed by atoms with Crippen LogP contribution in [0, 0.1) is 0 Å². The average Bonchev–Trinajstić information content (AvgIpc) is 3.18. The molecule has 0 unspecified atom stereocenters. The highest BCUT2D eigenvalue weighted by atomic mass is 16.5. The molecule has 3 N–H and O–H groups in total. The minimum absolute atomic E-state index is 0.284. The number of unbranched alkanes of at least 4 members (excludes halogenated alkanes) is 3. The van der Waals surface area contributed by atoms with Crippen LogP contribution < -0.4 is 10.6 Å². The van der Waals surface area contributed by atoms with Crippen LogP contribution in [0.25, 0.3) is 0 Å². The predicted octanol–water partition coefficient (Wildman–Crippen LogP) is 1.24. The highest BCUT2D eigenvalue weighted by Gasteiger charge is 2.09. The zero-order valence-electron chi connectivity index (χ0n) is 15.8. The van der Waals surface area contributed by atoms with E-state index in [1.54, 1.807) is 6.26 Å². The van der Waals surface area contributed by atoms with Crippen LogP contribution in [0.4, 0.5) is 0 Å². The van der Waals surface area contributed by atoms with Crippen molar-refractivity contribution in [3.63, 3.8) is 0 Å². The molecule has 1 aliphatic heterocycles. The van der Waals surface area contributed by atoms with E-state index in [1.165, 1.54) is 0 Å². The molecule has 2 rings (SSSR count). The van der Waals surface area contributed by atoms with E-state index in [4.69, 9.17) is 14.3 Å². The number of nitrogens with one attached hydrogen (secondary N) is 2. The van der Waals surface area contributed by atoms with Crippen molar-refractivity contribution in [3.8, 4) is 0 Å². The van der Waals surface area contributed by atoms with E-state index in [0.29, 0.717) is 0 Å². The number of morpholine rings is 1. The number of aliphatic hydroxyl groups excluding tert-OH is 1. The number of aliphatic imine (C=N–C) groups is 1. The summed E-state index contributed by atoms with van der Waals surface area (Å²) in [7, 11) is 0. The fraction of sp³-hybridized carbons (Fsp3) is 0.737. The van der Waals surface area contributed by atoms with Gasteiger partial charge in [0.25, 0.3) is 0 Å². The van der Waals surface area contributed by atoms with Crippen molar-refractivity contribution in [1.82, 2.24) is 15.5 Å². The molecule has 0 bridgehead atoms. The van der Waals surface area contributed by atoms with Crippen LogP contribution in [0.1, 0.15) is 31.4 Å². The summed E-state index contributed by atoms with van der Waals surface area (Å²) < 4.78 is 10.8. The number of aliphatic hydroxyl groups is 1. The Bertz CT molecular complexity index is 473. The first-order valence-electron chi connectivity index (χ1n) is 9.84. The Labute approximate surface area is 156 Å². The summed E-state index contributed by atoms with van der Waals surface area (Å²) in [6.07, 6.45) is 6.66. The molecule has 1 aromatic rings. The molecule has 1 aliphatic rings. The monoisotopic (exact) mass is 366 g/mol. The number of ether oxygens (including phenoxy) is 1. The largest absolute Gasteiger partial charge is 0.469 e. The van der Waals surface area contributed by atoms with Gasteiger partial charge in [0.15, 0.2) is 5.96 Å². The Balaban J connectivity index is 1.67. The third-order valence-corrected chi connectivity index (χ3v) is 4.40. The van der Waals surface area contributed by atoms with Crippen molar-refractivity contribution in [2.45, 2.75) is 32.1 Å². The molecular formula is C19H34N4O3. The number of rotatable bonds is 12. The molecule has 0 atom stereocenters. The van der Waals surface area contributed by atoms with E-state index < -0.39 is 0 Å². The third kappa shape index (κ3) is 9.22. The summed E-state index contributed by atoms with van der Waals surface area (Å²) in [4.78, 5) is 7.09. The van der Waals surface area contributed by atoms with Gasteiger partial charge >= 0.3 is 0 Å². The molecule has 7 nitrogen and oxygen atoms in total. The number of furan rings is 1. The second-order valence-electron chi connectivity index (χ2n) is 6.51. The maximum Gasteiger partial charge on any atom is 0.191 e. The standard InChI is InChI=1S/C19H34N4O3/c24-14-4-2-1-3-8-20-19(21-9-7-18-6-5-15-26-18)22-10-11-23-12-16-25-17-13-23/h5-6,15,24H,1-4,7-14,16-17H2,(H2,20,21,22). The SMILES string of the molecule is OCCCCCCN=C(NCCc1ccco1)NCCN1CCOCC1. The number of nitrogens with zero attached hydrogens (tertiary/aromatic N) is 2. The molecule has 1 fully saturated rings. The van der Waals surface area contributed by atoms with Crippen molar-refractivity contribution in [2.75, 3.05) is 59.1 Å². The molecule has 0 radical (unpaired) electrons. The van der Waals surface area contributed by atoms with Crippen LogP contribution in [-0.4, -0.2) is 75.1 Å². The van der Waals surface area contributed by atoms with Gasteiger partial charge in [-0.15, -0.1) is 0 Å². The highest BCUT2D eigenvalue weighted by molar-refractivity contribution is 5.79. The quantitative estimate of drug-likeness (QED) is 0.293. The smallest absolute Gasteiger partial charge is 0.191 e. The lowest BCUT2D eigenvalue weighted by Gasteiger charge is -2.26. The van der Waals surface area contributed by atoms with Crippen molar-refractivity contribution < 1.29 is 14.3 Å². The van der Waals surface area contributed by atoms with E-state index in [0.717, 1.165) is 96.3 Å². The zero-order chi connectivity index (χ0) is 18.3. The summed E-state index contributed by atoms with van der Waals surface area (Å²) in [6, 6.07) is 3.91. The Morgan fingerprint density at radius 3 is 2.69 bits per heavy atom. The summed E-state index contributed by atoms with van der Waals surface area (Å²) in [5.74, 6) is 1.85. The van der Waals surface area contributed by atoms with Gasteiger partial charge in [-0.1, -0.05) is 12.8 Å². The second-order valence-corrected chi connectivity index (χ2v) is 6.51. The molecule has 148 valence electrons. The molecule has 0 spiro atoms. The van der Waals surface area contributed by atoms with Crippen LogP contribution in [0.15, 0.2) is 27.8 Å². The highest BCUT2D eigenvalue weighted by Crippen LogP contribution is 2.00. The lowest BCUT2D eigenvalue weighted by atomic mass is 10.2.